The number of aromatic nitrogens is 3. The maximum absolute atomic E-state index is 13.3. The van der Waals surface area contributed by atoms with Gasteiger partial charge in [0, 0.05) is 18.6 Å². The van der Waals surface area contributed by atoms with E-state index < -0.39 is 17.1 Å². The van der Waals surface area contributed by atoms with Crippen LogP contribution in [-0.2, 0) is 10.2 Å². The molecule has 4 rings (SSSR count). The number of amides is 2. The van der Waals surface area contributed by atoms with Gasteiger partial charge in [-0.3, -0.25) is 14.6 Å². The van der Waals surface area contributed by atoms with Crippen molar-refractivity contribution in [3.63, 3.8) is 0 Å². The van der Waals surface area contributed by atoms with Crippen molar-refractivity contribution in [2.75, 3.05) is 16.4 Å². The summed E-state index contributed by atoms with van der Waals surface area (Å²) in [6, 6.07) is 7.82. The van der Waals surface area contributed by atoms with Crippen molar-refractivity contribution in [3.05, 3.63) is 71.6 Å². The molecule has 0 aliphatic heterocycles. The van der Waals surface area contributed by atoms with Gasteiger partial charge in [0.25, 0.3) is 5.91 Å². The molecule has 0 unspecified atom stereocenters. The van der Waals surface area contributed by atoms with Gasteiger partial charge < -0.3 is 16.4 Å². The lowest BCUT2D eigenvalue weighted by molar-refractivity contribution is -0.124. The Balaban J connectivity index is 1.51. The predicted octanol–water partition coefficient (Wildman–Crippen LogP) is 2.78. The summed E-state index contributed by atoms with van der Waals surface area (Å²) >= 11 is 0. The molecule has 0 aromatic carbocycles. The van der Waals surface area contributed by atoms with Gasteiger partial charge >= 0.3 is 0 Å². The van der Waals surface area contributed by atoms with E-state index in [9.17, 15) is 14.0 Å². The highest BCUT2D eigenvalue weighted by molar-refractivity contribution is 6.04. The molecular weight excluding hydrogens is 413 g/mol. The van der Waals surface area contributed by atoms with E-state index in [1.54, 1.807) is 12.1 Å². The molecule has 0 saturated heterocycles. The lowest BCUT2D eigenvalue weighted by Crippen LogP contribution is -2.46. The van der Waals surface area contributed by atoms with E-state index in [2.05, 4.69) is 25.6 Å². The third kappa shape index (κ3) is 3.96. The van der Waals surface area contributed by atoms with E-state index >= 15 is 0 Å². The third-order valence-corrected chi connectivity index (χ3v) is 5.46. The monoisotopic (exact) mass is 431 g/mol. The number of pyridine rings is 3. The van der Waals surface area contributed by atoms with Crippen molar-refractivity contribution in [3.8, 4) is 6.07 Å². The number of carbonyl (C=O) groups excluding carboxylic acids is 2. The Morgan fingerprint density at radius 3 is 2.53 bits per heavy atom. The van der Waals surface area contributed by atoms with Crippen LogP contribution in [0.5, 0.6) is 0 Å². The first-order valence-electron chi connectivity index (χ1n) is 9.77. The molecule has 3 aromatic rings. The fourth-order valence-electron chi connectivity index (χ4n) is 3.53. The summed E-state index contributed by atoms with van der Waals surface area (Å²) in [5.74, 6) is -1.05. The Morgan fingerprint density at radius 2 is 1.91 bits per heavy atom. The van der Waals surface area contributed by atoms with Gasteiger partial charge in [-0.15, -0.1) is 0 Å². The first-order valence-corrected chi connectivity index (χ1v) is 9.77. The first-order chi connectivity index (χ1) is 15.4. The number of anilines is 3. The molecule has 10 heteroatoms. The topological polar surface area (TPSA) is 147 Å². The smallest absolute Gasteiger partial charge is 0.258 e. The van der Waals surface area contributed by atoms with Crippen LogP contribution in [0.2, 0.25) is 0 Å². The van der Waals surface area contributed by atoms with E-state index in [1.807, 2.05) is 6.07 Å². The first kappa shape index (κ1) is 20.9. The molecule has 1 fully saturated rings. The molecule has 0 bridgehead atoms. The number of hydrogen-bond donors (Lipinski definition) is 3. The summed E-state index contributed by atoms with van der Waals surface area (Å²) in [4.78, 5) is 37.2. The Bertz CT molecular complexity index is 1230. The molecule has 0 spiro atoms. The average Bonchev–Trinajstić information content (AvgIpc) is 2.75. The number of nitrogens with zero attached hydrogens (tertiary/aromatic N) is 4. The molecule has 2 amide bonds. The van der Waals surface area contributed by atoms with Crippen LogP contribution >= 0.6 is 0 Å². The van der Waals surface area contributed by atoms with Crippen molar-refractivity contribution >= 4 is 29.1 Å². The van der Waals surface area contributed by atoms with Crippen molar-refractivity contribution in [2.45, 2.75) is 24.7 Å². The van der Waals surface area contributed by atoms with Gasteiger partial charge in [-0.1, -0.05) is 12.5 Å². The highest BCUT2D eigenvalue weighted by Gasteiger charge is 2.46. The van der Waals surface area contributed by atoms with Crippen molar-refractivity contribution in [2.24, 2.45) is 0 Å². The number of carbonyl (C=O) groups is 2. The molecule has 9 nitrogen and oxygen atoms in total. The van der Waals surface area contributed by atoms with Crippen molar-refractivity contribution in [1.29, 1.82) is 5.26 Å². The summed E-state index contributed by atoms with van der Waals surface area (Å²) < 4.78 is 13.3. The average molecular weight is 431 g/mol. The van der Waals surface area contributed by atoms with Crippen molar-refractivity contribution in [1.82, 2.24) is 15.0 Å². The summed E-state index contributed by atoms with van der Waals surface area (Å²) in [5, 5.41) is 14.4. The van der Waals surface area contributed by atoms with Crippen LogP contribution in [0.25, 0.3) is 0 Å². The summed E-state index contributed by atoms with van der Waals surface area (Å²) in [5.41, 5.74) is 6.37. The summed E-state index contributed by atoms with van der Waals surface area (Å²) in [6.45, 7) is 0. The maximum atomic E-state index is 13.3. The second kappa shape index (κ2) is 8.39. The zero-order valence-corrected chi connectivity index (χ0v) is 16.8. The van der Waals surface area contributed by atoms with Crippen LogP contribution < -0.4 is 16.4 Å². The Morgan fingerprint density at radius 1 is 1.09 bits per heavy atom. The minimum absolute atomic E-state index is 0.0662. The van der Waals surface area contributed by atoms with Crippen LogP contribution in [0, 0.1) is 17.1 Å². The van der Waals surface area contributed by atoms with Crippen LogP contribution in [0.3, 0.4) is 0 Å². The molecule has 1 aliphatic carbocycles. The highest BCUT2D eigenvalue weighted by Crippen LogP contribution is 2.44. The van der Waals surface area contributed by atoms with Gasteiger partial charge in [-0.2, -0.15) is 5.26 Å². The predicted molar refractivity (Wildman–Crippen MR) is 114 cm³/mol. The van der Waals surface area contributed by atoms with Crippen LogP contribution in [0.4, 0.5) is 21.7 Å². The molecule has 3 aromatic heterocycles. The van der Waals surface area contributed by atoms with E-state index in [-0.39, 0.29) is 34.4 Å². The van der Waals surface area contributed by atoms with Gasteiger partial charge in [-0.25, -0.2) is 14.4 Å². The molecule has 1 saturated carbocycles. The van der Waals surface area contributed by atoms with Gasteiger partial charge in [0.05, 0.1) is 28.4 Å². The maximum Gasteiger partial charge on any atom is 0.258 e. The molecule has 3 heterocycles. The standard InChI is InChI=1S/C22H18FN7O2/c23-16-7-14(10-26-12-16)20(31)30-18-3-2-15(11-27-18)22(4-1-5-22)21(32)29-17-6-13(8-24)9-28-19(17)25/h2-3,6-7,9-12H,1,4-5H2,(H2,25,28)(H,29,32)(H,27,30,31). The normalized spacial score (nSPS) is 14.0. The summed E-state index contributed by atoms with van der Waals surface area (Å²) in [6.07, 6.45) is 7.23. The minimum Gasteiger partial charge on any atom is -0.382 e. The van der Waals surface area contributed by atoms with E-state index in [0.717, 1.165) is 18.7 Å². The Labute approximate surface area is 182 Å². The number of nitriles is 1. The largest absolute Gasteiger partial charge is 0.382 e. The number of nitrogens with two attached hydrogens (primary N) is 1. The quantitative estimate of drug-likeness (QED) is 0.563. The number of rotatable bonds is 5. The summed E-state index contributed by atoms with van der Waals surface area (Å²) in [7, 11) is 0. The highest BCUT2D eigenvalue weighted by atomic mass is 19.1. The number of nitrogens with one attached hydrogen (secondary N) is 2. The second-order valence-corrected chi connectivity index (χ2v) is 7.44. The van der Waals surface area contributed by atoms with Gasteiger partial charge in [0.1, 0.15) is 23.5 Å². The van der Waals surface area contributed by atoms with E-state index in [1.165, 1.54) is 24.7 Å². The van der Waals surface area contributed by atoms with Crippen LogP contribution in [0.1, 0.15) is 40.7 Å². The molecule has 0 atom stereocenters. The number of hydrogen-bond acceptors (Lipinski definition) is 7. The van der Waals surface area contributed by atoms with Gasteiger partial charge in [0.15, 0.2) is 0 Å². The minimum atomic E-state index is -0.795. The lowest BCUT2D eigenvalue weighted by Gasteiger charge is -2.40. The number of halogens is 1. The second-order valence-electron chi connectivity index (χ2n) is 7.44. The molecule has 0 radical (unpaired) electrons. The van der Waals surface area contributed by atoms with Crippen molar-refractivity contribution < 1.29 is 14.0 Å². The van der Waals surface area contributed by atoms with E-state index in [4.69, 9.17) is 11.0 Å². The van der Waals surface area contributed by atoms with Crippen LogP contribution in [0.15, 0.2) is 49.1 Å². The fraction of sp³-hybridized carbons (Fsp3) is 0.182. The number of nitrogen functional groups attached to an aromatic ring is 1. The Kier molecular flexibility index (Phi) is 5.47. The lowest BCUT2D eigenvalue weighted by atomic mass is 9.64. The van der Waals surface area contributed by atoms with Gasteiger partial charge in [-0.05, 0) is 36.6 Å². The SMILES string of the molecule is N#Cc1cnc(N)c(NC(=O)C2(c3ccc(NC(=O)c4cncc(F)c4)nc3)CCC2)c1. The fourth-order valence-corrected chi connectivity index (χ4v) is 3.53. The zero-order valence-electron chi connectivity index (χ0n) is 16.8. The molecule has 1 aliphatic rings. The Hall–Kier alpha value is -4.39. The molecule has 4 N–H and O–H groups in total. The molecule has 32 heavy (non-hydrogen) atoms. The zero-order chi connectivity index (χ0) is 22.7. The molecule has 160 valence electrons. The third-order valence-electron chi connectivity index (χ3n) is 5.46. The molecular formula is C22H18FN7O2. The van der Waals surface area contributed by atoms with Gasteiger partial charge in [0.2, 0.25) is 5.91 Å². The van der Waals surface area contributed by atoms with Crippen LogP contribution in [-0.4, -0.2) is 26.8 Å². The van der Waals surface area contributed by atoms with E-state index in [0.29, 0.717) is 18.4 Å².